The molecule has 1 aliphatic rings. The van der Waals surface area contributed by atoms with Crippen molar-refractivity contribution in [2.24, 2.45) is 0 Å². The Morgan fingerprint density at radius 2 is 2.38 bits per heavy atom. The van der Waals surface area contributed by atoms with E-state index in [1.807, 2.05) is 11.8 Å². The molecule has 114 valence electrons. The normalized spacial score (nSPS) is 18.4. The number of halogens is 1. The van der Waals surface area contributed by atoms with E-state index in [9.17, 15) is 14.9 Å². The molecule has 1 unspecified atom stereocenters. The monoisotopic (exact) mass is 356 g/mol. The summed E-state index contributed by atoms with van der Waals surface area (Å²) in [6, 6.07) is 4.28. The Hall–Kier alpha value is -1.67. The number of carbonyl (C=O) groups is 1. The van der Waals surface area contributed by atoms with Crippen LogP contribution in [0, 0.1) is 10.1 Å². The lowest BCUT2D eigenvalue weighted by Crippen LogP contribution is -2.58. The van der Waals surface area contributed by atoms with Crippen LogP contribution in [-0.4, -0.2) is 43.1 Å². The van der Waals surface area contributed by atoms with Crippen LogP contribution in [0.4, 0.5) is 11.4 Å². The highest BCUT2D eigenvalue weighted by molar-refractivity contribution is 9.10. The van der Waals surface area contributed by atoms with Crippen molar-refractivity contribution in [2.45, 2.75) is 13.0 Å². The second-order valence-corrected chi connectivity index (χ2v) is 5.56. The molecular weight excluding hydrogens is 340 g/mol. The predicted octanol–water partition coefficient (Wildman–Crippen LogP) is 1.27. The molecule has 1 atom stereocenters. The first-order valence-electron chi connectivity index (χ1n) is 6.73. The zero-order chi connectivity index (χ0) is 15.4. The van der Waals surface area contributed by atoms with Gasteiger partial charge in [-0.3, -0.25) is 14.9 Å². The lowest BCUT2D eigenvalue weighted by Gasteiger charge is -2.37. The van der Waals surface area contributed by atoms with Gasteiger partial charge >= 0.3 is 0 Å². The van der Waals surface area contributed by atoms with Gasteiger partial charge in [-0.1, -0.05) is 0 Å². The summed E-state index contributed by atoms with van der Waals surface area (Å²) in [5.41, 5.74) is 0.814. The quantitative estimate of drug-likeness (QED) is 0.626. The Morgan fingerprint density at radius 3 is 3.00 bits per heavy atom. The van der Waals surface area contributed by atoms with Crippen LogP contribution < -0.4 is 15.5 Å². The molecule has 0 radical (unpaired) electrons. The molecule has 2 N–H and O–H groups in total. The minimum atomic E-state index is -0.437. The van der Waals surface area contributed by atoms with Crippen LogP contribution in [0.3, 0.4) is 0 Å². The molecule has 8 heteroatoms. The third-order valence-corrected chi connectivity index (χ3v) is 3.98. The fourth-order valence-corrected chi connectivity index (χ4v) is 2.96. The van der Waals surface area contributed by atoms with Crippen LogP contribution >= 0.6 is 15.9 Å². The van der Waals surface area contributed by atoms with Crippen molar-refractivity contribution in [3.05, 3.63) is 32.8 Å². The molecule has 1 fully saturated rings. The zero-order valence-corrected chi connectivity index (χ0v) is 13.2. The third kappa shape index (κ3) is 3.51. The first-order valence-corrected chi connectivity index (χ1v) is 7.53. The van der Waals surface area contributed by atoms with E-state index in [2.05, 4.69) is 26.6 Å². The molecule has 1 amide bonds. The molecule has 1 aliphatic heterocycles. The summed E-state index contributed by atoms with van der Waals surface area (Å²) in [6.45, 7) is 4.43. The molecule has 1 heterocycles. The summed E-state index contributed by atoms with van der Waals surface area (Å²) in [4.78, 5) is 24.5. The van der Waals surface area contributed by atoms with Gasteiger partial charge in [0.2, 0.25) is 5.91 Å². The van der Waals surface area contributed by atoms with E-state index in [0.717, 1.165) is 12.2 Å². The number of nitro benzene ring substituents is 1. The molecule has 2 rings (SSSR count). The van der Waals surface area contributed by atoms with E-state index in [-0.39, 0.29) is 17.6 Å². The number of carbonyl (C=O) groups excluding carboxylic acids is 1. The zero-order valence-electron chi connectivity index (χ0n) is 11.6. The van der Waals surface area contributed by atoms with Crippen LogP contribution in [0.5, 0.6) is 0 Å². The Labute approximate surface area is 131 Å². The third-order valence-electron chi connectivity index (χ3n) is 3.35. The van der Waals surface area contributed by atoms with Crippen molar-refractivity contribution in [2.75, 3.05) is 31.1 Å². The summed E-state index contributed by atoms with van der Waals surface area (Å²) < 4.78 is 0.618. The van der Waals surface area contributed by atoms with Crippen molar-refractivity contribution >= 4 is 33.2 Å². The van der Waals surface area contributed by atoms with Crippen LogP contribution in [0.25, 0.3) is 0 Å². The number of nitrogens with one attached hydrogen (secondary N) is 2. The van der Waals surface area contributed by atoms with Gasteiger partial charge in [0.05, 0.1) is 10.6 Å². The molecular formula is C13H17BrN4O3. The van der Waals surface area contributed by atoms with Crippen LogP contribution in [0.1, 0.15) is 6.92 Å². The number of non-ortho nitro benzene ring substituents is 1. The van der Waals surface area contributed by atoms with E-state index in [4.69, 9.17) is 0 Å². The van der Waals surface area contributed by atoms with E-state index in [0.29, 0.717) is 24.1 Å². The predicted molar refractivity (Wildman–Crippen MR) is 83.5 cm³/mol. The highest BCUT2D eigenvalue weighted by Crippen LogP contribution is 2.31. The molecule has 21 heavy (non-hydrogen) atoms. The smallest absolute Gasteiger partial charge is 0.270 e. The largest absolute Gasteiger partial charge is 0.356 e. The molecule has 0 aromatic heterocycles. The van der Waals surface area contributed by atoms with Crippen molar-refractivity contribution in [3.63, 3.8) is 0 Å². The molecule has 0 saturated carbocycles. The maximum absolute atomic E-state index is 12.2. The molecule has 0 bridgehead atoms. The average Bonchev–Trinajstić information content (AvgIpc) is 2.47. The van der Waals surface area contributed by atoms with Gasteiger partial charge in [0, 0.05) is 42.8 Å². The summed E-state index contributed by atoms with van der Waals surface area (Å²) in [7, 11) is 0. The highest BCUT2D eigenvalue weighted by atomic mass is 79.9. The maximum Gasteiger partial charge on any atom is 0.270 e. The summed E-state index contributed by atoms with van der Waals surface area (Å²) >= 11 is 3.37. The molecule has 1 aromatic rings. The van der Waals surface area contributed by atoms with Gasteiger partial charge < -0.3 is 15.5 Å². The maximum atomic E-state index is 12.2. The summed E-state index contributed by atoms with van der Waals surface area (Å²) in [6.07, 6.45) is 0. The summed E-state index contributed by atoms with van der Waals surface area (Å²) in [5.74, 6) is -0.0463. The fraction of sp³-hybridized carbons (Fsp3) is 0.462. The number of amides is 1. The van der Waals surface area contributed by atoms with Crippen molar-refractivity contribution in [1.82, 2.24) is 10.6 Å². The lowest BCUT2D eigenvalue weighted by atomic mass is 10.1. The Bertz CT molecular complexity index is 552. The van der Waals surface area contributed by atoms with Gasteiger partial charge in [0.1, 0.15) is 6.04 Å². The van der Waals surface area contributed by atoms with Gasteiger partial charge in [-0.15, -0.1) is 0 Å². The van der Waals surface area contributed by atoms with Crippen LogP contribution in [0.15, 0.2) is 22.7 Å². The van der Waals surface area contributed by atoms with Crippen molar-refractivity contribution in [1.29, 1.82) is 0 Å². The standard InChI is InChI=1S/C13H17BrN4O3/c1-2-16-13(19)12-8-15-5-6-17(12)11-4-3-9(18(20)21)7-10(11)14/h3-4,7,12,15H,2,5-6,8H2,1H3,(H,16,19). The number of likely N-dealkylation sites (N-methyl/N-ethyl adjacent to an activating group) is 1. The van der Waals surface area contributed by atoms with Crippen molar-refractivity contribution < 1.29 is 9.72 Å². The number of hydrogen-bond acceptors (Lipinski definition) is 5. The summed E-state index contributed by atoms with van der Waals surface area (Å²) in [5, 5.41) is 16.8. The Morgan fingerprint density at radius 1 is 1.62 bits per heavy atom. The number of nitro groups is 1. The molecule has 7 nitrogen and oxygen atoms in total. The van der Waals surface area contributed by atoms with Gasteiger partial charge in [0.25, 0.3) is 5.69 Å². The van der Waals surface area contributed by atoms with E-state index in [1.54, 1.807) is 6.07 Å². The highest BCUT2D eigenvalue weighted by Gasteiger charge is 2.29. The number of nitrogens with zero attached hydrogens (tertiary/aromatic N) is 2. The number of rotatable bonds is 4. The minimum absolute atomic E-state index is 0.0234. The topological polar surface area (TPSA) is 87.5 Å². The molecule has 1 saturated heterocycles. The Kier molecular flexibility index (Phi) is 5.13. The first-order chi connectivity index (χ1) is 10.0. The number of anilines is 1. The average molecular weight is 357 g/mol. The van der Waals surface area contributed by atoms with Gasteiger partial charge in [-0.2, -0.15) is 0 Å². The Balaban J connectivity index is 2.29. The van der Waals surface area contributed by atoms with Crippen LogP contribution in [-0.2, 0) is 4.79 Å². The number of piperazine rings is 1. The minimum Gasteiger partial charge on any atom is -0.356 e. The second kappa shape index (κ2) is 6.86. The van der Waals surface area contributed by atoms with E-state index >= 15 is 0 Å². The van der Waals surface area contributed by atoms with E-state index in [1.165, 1.54) is 12.1 Å². The first kappa shape index (κ1) is 15.7. The van der Waals surface area contributed by atoms with Gasteiger partial charge in [0.15, 0.2) is 0 Å². The molecule has 0 spiro atoms. The van der Waals surface area contributed by atoms with Gasteiger partial charge in [-0.25, -0.2) is 0 Å². The van der Waals surface area contributed by atoms with E-state index < -0.39 is 4.92 Å². The van der Waals surface area contributed by atoms with Crippen LogP contribution in [0.2, 0.25) is 0 Å². The fourth-order valence-electron chi connectivity index (χ4n) is 2.36. The number of hydrogen-bond donors (Lipinski definition) is 2. The number of benzene rings is 1. The SMILES string of the molecule is CCNC(=O)C1CNCCN1c1ccc([N+](=O)[O-])cc1Br. The second-order valence-electron chi connectivity index (χ2n) is 4.70. The van der Waals surface area contributed by atoms with Gasteiger partial charge in [-0.05, 0) is 28.9 Å². The lowest BCUT2D eigenvalue weighted by molar-refractivity contribution is -0.384. The molecule has 0 aliphatic carbocycles. The molecule has 1 aromatic carbocycles. The van der Waals surface area contributed by atoms with Crippen molar-refractivity contribution in [3.8, 4) is 0 Å².